The molecule has 1 N–H and O–H groups in total. The molecule has 1 aromatic rings. The topological polar surface area (TPSA) is 75.3 Å². The van der Waals surface area contributed by atoms with E-state index in [9.17, 15) is 4.79 Å². The molecular formula is C24H32ClNO6. The van der Waals surface area contributed by atoms with Crippen LogP contribution in [-0.4, -0.2) is 36.6 Å². The van der Waals surface area contributed by atoms with Crippen LogP contribution in [0.5, 0.6) is 0 Å². The van der Waals surface area contributed by atoms with Crippen LogP contribution in [0.15, 0.2) is 24.3 Å². The average Bonchev–Trinajstić information content (AvgIpc) is 2.99. The zero-order valence-electron chi connectivity index (χ0n) is 18.8. The minimum atomic E-state index is -0.810. The van der Waals surface area contributed by atoms with Gasteiger partial charge in [0.05, 0.1) is 6.42 Å². The summed E-state index contributed by atoms with van der Waals surface area (Å²) >= 11 is 5.91. The molecule has 7 nitrogen and oxygen atoms in total. The fraction of sp³-hybridized carbons (Fsp3) is 0.708. The molecule has 4 saturated heterocycles. The van der Waals surface area contributed by atoms with Gasteiger partial charge in [-0.25, -0.2) is 9.78 Å². The zero-order valence-corrected chi connectivity index (χ0v) is 19.6. The quantitative estimate of drug-likeness (QED) is 0.519. The summed E-state index contributed by atoms with van der Waals surface area (Å²) in [6.07, 6.45) is 3.13. The number of rotatable bonds is 5. The van der Waals surface area contributed by atoms with Crippen LogP contribution < -0.4 is 5.32 Å². The van der Waals surface area contributed by atoms with E-state index in [0.29, 0.717) is 16.9 Å². The van der Waals surface area contributed by atoms with E-state index in [1.807, 2.05) is 19.1 Å². The Bertz CT molecular complexity index is 851. The Balaban J connectivity index is 1.24. The third-order valence-corrected chi connectivity index (χ3v) is 8.14. The second-order valence-corrected chi connectivity index (χ2v) is 10.4. The van der Waals surface area contributed by atoms with Gasteiger partial charge in [0, 0.05) is 23.3 Å². The first-order valence-corrected chi connectivity index (χ1v) is 12.0. The first-order chi connectivity index (χ1) is 15.3. The molecule has 1 aliphatic carbocycles. The normalized spacial score (nSPS) is 42.8. The molecule has 4 aliphatic heterocycles. The van der Waals surface area contributed by atoms with Crippen molar-refractivity contribution in [3.05, 3.63) is 34.9 Å². The van der Waals surface area contributed by atoms with Crippen molar-refractivity contribution in [2.45, 2.75) is 76.8 Å². The number of halogens is 1. The number of hydrogen-bond donors (Lipinski definition) is 1. The molecule has 0 unspecified atom stereocenters. The summed E-state index contributed by atoms with van der Waals surface area (Å²) in [5.74, 6) is 0.173. The van der Waals surface area contributed by atoms with Crippen molar-refractivity contribution in [2.24, 2.45) is 23.7 Å². The van der Waals surface area contributed by atoms with Gasteiger partial charge in [0.2, 0.25) is 11.7 Å². The number of carbonyl (C=O) groups excluding carboxylic acids is 1. The monoisotopic (exact) mass is 465 g/mol. The molecule has 1 saturated carbocycles. The number of benzene rings is 1. The van der Waals surface area contributed by atoms with Gasteiger partial charge in [-0.3, -0.25) is 4.79 Å². The van der Waals surface area contributed by atoms with E-state index >= 15 is 0 Å². The summed E-state index contributed by atoms with van der Waals surface area (Å²) in [4.78, 5) is 24.3. The van der Waals surface area contributed by atoms with Crippen LogP contribution in [0, 0.1) is 23.7 Å². The maximum absolute atomic E-state index is 12.3. The average molecular weight is 466 g/mol. The molecular weight excluding hydrogens is 434 g/mol. The van der Waals surface area contributed by atoms with Gasteiger partial charge in [0.1, 0.15) is 6.73 Å². The maximum atomic E-state index is 12.3. The molecule has 32 heavy (non-hydrogen) atoms. The molecule has 1 amide bonds. The zero-order chi connectivity index (χ0) is 22.5. The van der Waals surface area contributed by atoms with Crippen molar-refractivity contribution in [1.29, 1.82) is 0 Å². The van der Waals surface area contributed by atoms with Gasteiger partial charge >= 0.3 is 0 Å². The number of fused-ring (bicyclic) bond motifs is 2. The summed E-state index contributed by atoms with van der Waals surface area (Å²) in [7, 11) is 0. The Labute approximate surface area is 193 Å². The largest absolute Gasteiger partial charge is 0.333 e. The lowest BCUT2D eigenvalue weighted by molar-refractivity contribution is -0.577. The molecule has 1 spiro atoms. The highest BCUT2D eigenvalue weighted by molar-refractivity contribution is 6.30. The molecule has 8 heteroatoms. The van der Waals surface area contributed by atoms with Crippen molar-refractivity contribution >= 4 is 17.5 Å². The Hall–Kier alpha value is -1.22. The molecule has 8 atom stereocenters. The number of hydrogen-bond acceptors (Lipinski definition) is 6. The third kappa shape index (κ3) is 3.87. The molecule has 5 aliphatic rings. The van der Waals surface area contributed by atoms with Crippen molar-refractivity contribution in [3.8, 4) is 0 Å². The van der Waals surface area contributed by atoms with Crippen molar-refractivity contribution in [1.82, 2.24) is 5.32 Å². The molecule has 2 bridgehead atoms. The van der Waals surface area contributed by atoms with Crippen molar-refractivity contribution in [2.75, 3.05) is 6.73 Å². The predicted molar refractivity (Wildman–Crippen MR) is 116 cm³/mol. The van der Waals surface area contributed by atoms with Crippen LogP contribution in [0.2, 0.25) is 5.02 Å². The second-order valence-electron chi connectivity index (χ2n) is 9.99. The Morgan fingerprint density at radius 2 is 1.94 bits per heavy atom. The van der Waals surface area contributed by atoms with Gasteiger partial charge in [0.25, 0.3) is 0 Å². The van der Waals surface area contributed by atoms with Gasteiger partial charge in [-0.15, -0.1) is 0 Å². The van der Waals surface area contributed by atoms with Crippen LogP contribution in [0.3, 0.4) is 0 Å². The van der Waals surface area contributed by atoms with Gasteiger partial charge in [-0.05, 0) is 55.7 Å². The van der Waals surface area contributed by atoms with E-state index in [-0.39, 0.29) is 30.9 Å². The molecule has 0 radical (unpaired) electrons. The van der Waals surface area contributed by atoms with E-state index in [0.717, 1.165) is 31.2 Å². The summed E-state index contributed by atoms with van der Waals surface area (Å²) in [5.41, 5.74) is 0.289. The molecule has 176 valence electrons. The molecule has 5 fully saturated rings. The van der Waals surface area contributed by atoms with Crippen LogP contribution in [-0.2, 0) is 35.2 Å². The Morgan fingerprint density at radius 3 is 2.72 bits per heavy atom. The summed E-state index contributed by atoms with van der Waals surface area (Å²) < 4.78 is 18.7. The minimum Gasteiger partial charge on any atom is -0.333 e. The van der Waals surface area contributed by atoms with E-state index in [1.165, 1.54) is 0 Å². The highest BCUT2D eigenvalue weighted by atomic mass is 35.5. The lowest BCUT2D eigenvalue weighted by atomic mass is 9.58. The van der Waals surface area contributed by atoms with Crippen LogP contribution in [0.25, 0.3) is 0 Å². The maximum Gasteiger partial charge on any atom is 0.226 e. The van der Waals surface area contributed by atoms with Gasteiger partial charge in [-0.2, -0.15) is 0 Å². The van der Waals surface area contributed by atoms with Crippen LogP contribution in [0.4, 0.5) is 0 Å². The fourth-order valence-electron chi connectivity index (χ4n) is 6.12. The SMILES string of the molecule is C[C@H]1[C@H](OCNC(=O)Cc2ccc(Cl)cc2)O[C@@H]2O[C@@]3(C)CC[C@H]4[C@H](C)CC[C@@H]1[C@@]24OO3. The predicted octanol–water partition coefficient (Wildman–Crippen LogP) is 4.18. The van der Waals surface area contributed by atoms with Gasteiger partial charge in [-0.1, -0.05) is 37.6 Å². The standard InChI is InChI=1S/C24H32ClNO6/c1-14-4-9-19-15(2)21(28-13-26-20(27)12-16-5-7-17(25)8-6-16)29-22-24(19)18(14)10-11-23(3,30-22)31-32-24/h5-8,14-15,18-19,21-22H,4,9-13H2,1-3H3,(H,26,27)/t14-,15-,18+,19+,21-,22-,23-,24-/m1/s1. The molecule has 1 aromatic carbocycles. The fourth-order valence-corrected chi connectivity index (χ4v) is 6.24. The highest BCUT2D eigenvalue weighted by Crippen LogP contribution is 2.60. The summed E-state index contributed by atoms with van der Waals surface area (Å²) in [5, 5.41) is 3.48. The van der Waals surface area contributed by atoms with Crippen molar-refractivity contribution < 1.29 is 28.8 Å². The lowest BCUT2D eigenvalue weighted by Gasteiger charge is -2.60. The van der Waals surface area contributed by atoms with E-state index in [2.05, 4.69) is 19.2 Å². The Kier molecular flexibility index (Phi) is 6.01. The van der Waals surface area contributed by atoms with E-state index < -0.39 is 24.0 Å². The second kappa shape index (κ2) is 8.53. The van der Waals surface area contributed by atoms with Crippen LogP contribution >= 0.6 is 11.6 Å². The smallest absolute Gasteiger partial charge is 0.226 e. The molecule has 0 aromatic heterocycles. The van der Waals surface area contributed by atoms with E-state index in [1.54, 1.807) is 12.1 Å². The molecule has 6 rings (SSSR count). The third-order valence-electron chi connectivity index (χ3n) is 7.89. The van der Waals surface area contributed by atoms with Crippen LogP contribution in [0.1, 0.15) is 52.0 Å². The number of carbonyl (C=O) groups is 1. The number of ether oxygens (including phenoxy) is 3. The lowest BCUT2D eigenvalue weighted by Crippen LogP contribution is -2.70. The Morgan fingerprint density at radius 1 is 1.16 bits per heavy atom. The highest BCUT2D eigenvalue weighted by Gasteiger charge is 2.69. The molecule has 4 heterocycles. The summed E-state index contributed by atoms with van der Waals surface area (Å²) in [6, 6.07) is 7.24. The van der Waals surface area contributed by atoms with Crippen molar-refractivity contribution in [3.63, 3.8) is 0 Å². The minimum absolute atomic E-state index is 0.0718. The first kappa shape index (κ1) is 22.6. The first-order valence-electron chi connectivity index (χ1n) is 11.6. The number of nitrogens with one attached hydrogen (secondary N) is 1. The van der Waals surface area contributed by atoms with E-state index in [4.69, 9.17) is 35.6 Å². The summed E-state index contributed by atoms with van der Waals surface area (Å²) in [6.45, 7) is 6.40. The number of amides is 1. The van der Waals surface area contributed by atoms with Gasteiger partial charge in [0.15, 0.2) is 18.2 Å². The van der Waals surface area contributed by atoms with Gasteiger partial charge < -0.3 is 19.5 Å².